The maximum Gasteiger partial charge on any atom is 0.337 e. The Bertz CT molecular complexity index is 2020. The minimum Gasteiger partial charge on any atom is -0.466 e. The van der Waals surface area contributed by atoms with Gasteiger partial charge in [0, 0.05) is 55.3 Å². The zero-order valence-corrected chi connectivity index (χ0v) is 34.5. The molecule has 57 heavy (non-hydrogen) atoms. The van der Waals surface area contributed by atoms with Gasteiger partial charge in [0.25, 0.3) is 11.8 Å². The van der Waals surface area contributed by atoms with Crippen molar-refractivity contribution < 1.29 is 33.4 Å². The lowest BCUT2D eigenvalue weighted by atomic mass is 9.95. The molecule has 1 aromatic heterocycles. The molecule has 0 fully saturated rings. The van der Waals surface area contributed by atoms with Crippen molar-refractivity contribution in [3.05, 3.63) is 117 Å². The number of esters is 2. The summed E-state index contributed by atoms with van der Waals surface area (Å²) in [4.78, 5) is 68.8. The van der Waals surface area contributed by atoms with Gasteiger partial charge in [-0.3, -0.25) is 24.1 Å². The molecule has 0 bridgehead atoms. The number of ether oxygens (including phenoxy) is 2. The highest BCUT2D eigenvalue weighted by molar-refractivity contribution is 7.17. The first kappa shape index (κ1) is 42.8. The van der Waals surface area contributed by atoms with E-state index in [9.17, 15) is 24.0 Å². The Kier molecular flexibility index (Phi) is 15.6. The summed E-state index contributed by atoms with van der Waals surface area (Å²) < 4.78 is 9.72. The number of carbonyl (C=O) groups excluding carboxylic acids is 5. The van der Waals surface area contributed by atoms with Crippen LogP contribution in [0.4, 0.5) is 10.7 Å². The number of hydrogen-bond donors (Lipinski definition) is 2. The van der Waals surface area contributed by atoms with Crippen LogP contribution in [0.3, 0.4) is 0 Å². The van der Waals surface area contributed by atoms with Crippen molar-refractivity contribution in [2.75, 3.05) is 44.5 Å². The summed E-state index contributed by atoms with van der Waals surface area (Å²) in [6.07, 6.45) is 5.48. The van der Waals surface area contributed by atoms with Gasteiger partial charge in [-0.2, -0.15) is 0 Å². The minimum atomic E-state index is -0.373. The number of methoxy groups -OCH3 is 1. The molecule has 0 saturated heterocycles. The van der Waals surface area contributed by atoms with Gasteiger partial charge in [0.05, 0.1) is 31.3 Å². The first-order valence-corrected chi connectivity index (χ1v) is 20.5. The quantitative estimate of drug-likeness (QED) is 0.0979. The number of nitrogens with one attached hydrogen (secondary N) is 2. The van der Waals surface area contributed by atoms with E-state index in [4.69, 9.17) is 9.47 Å². The van der Waals surface area contributed by atoms with E-state index in [0.717, 1.165) is 65.7 Å². The fourth-order valence-corrected chi connectivity index (χ4v) is 8.12. The Morgan fingerprint density at radius 3 is 2.14 bits per heavy atom. The summed E-state index contributed by atoms with van der Waals surface area (Å²) in [7, 11) is 3.11. The van der Waals surface area contributed by atoms with Gasteiger partial charge < -0.3 is 25.0 Å². The Balaban J connectivity index is 1.20. The molecule has 4 aromatic rings. The van der Waals surface area contributed by atoms with Gasteiger partial charge in [-0.25, -0.2) is 4.79 Å². The third-order valence-corrected chi connectivity index (χ3v) is 11.4. The third kappa shape index (κ3) is 12.1. The summed E-state index contributed by atoms with van der Waals surface area (Å²) in [5.74, 6) is -1.36. The predicted molar refractivity (Wildman–Crippen MR) is 224 cm³/mol. The first-order chi connectivity index (χ1) is 27.4. The number of benzene rings is 3. The molecule has 0 unspecified atom stereocenters. The Labute approximate surface area is 339 Å². The minimum absolute atomic E-state index is 0.0639. The lowest BCUT2D eigenvalue weighted by molar-refractivity contribution is -0.145. The van der Waals surface area contributed by atoms with Crippen LogP contribution in [0.2, 0.25) is 0 Å². The second-order valence-electron chi connectivity index (χ2n) is 14.6. The molecular formula is C45H54N4O7S. The highest BCUT2D eigenvalue weighted by atomic mass is 32.1. The topological polar surface area (TPSA) is 134 Å². The molecule has 0 atom stereocenters. The van der Waals surface area contributed by atoms with E-state index in [0.29, 0.717) is 53.6 Å². The lowest BCUT2D eigenvalue weighted by Gasteiger charge is -2.29. The Morgan fingerprint density at radius 2 is 1.47 bits per heavy atom. The first-order valence-electron chi connectivity index (χ1n) is 19.7. The number of amides is 3. The number of likely N-dealkylation sites (N-methyl/N-ethyl adjacent to an activating group) is 1. The van der Waals surface area contributed by atoms with Gasteiger partial charge in [0.1, 0.15) is 5.00 Å². The van der Waals surface area contributed by atoms with Crippen molar-refractivity contribution in [1.82, 2.24) is 9.80 Å². The van der Waals surface area contributed by atoms with E-state index < -0.39 is 0 Å². The fourth-order valence-electron chi connectivity index (χ4n) is 6.83. The number of rotatable bonds is 18. The van der Waals surface area contributed by atoms with Crippen LogP contribution in [0.1, 0.15) is 105 Å². The molecule has 3 aromatic carbocycles. The van der Waals surface area contributed by atoms with Crippen molar-refractivity contribution >= 4 is 51.7 Å². The van der Waals surface area contributed by atoms with Crippen LogP contribution in [0.25, 0.3) is 0 Å². The smallest absolute Gasteiger partial charge is 0.337 e. The molecule has 302 valence electrons. The molecule has 12 heteroatoms. The molecule has 0 radical (unpaired) electrons. The maximum absolute atomic E-state index is 13.9. The number of carbonyl (C=O) groups is 5. The summed E-state index contributed by atoms with van der Waals surface area (Å²) in [5.41, 5.74) is 6.42. The van der Waals surface area contributed by atoms with Crippen LogP contribution < -0.4 is 10.6 Å². The highest BCUT2D eigenvalue weighted by Crippen LogP contribution is 2.39. The molecule has 3 amide bonds. The summed E-state index contributed by atoms with van der Waals surface area (Å²) >= 11 is 1.49. The van der Waals surface area contributed by atoms with Crippen molar-refractivity contribution in [1.29, 1.82) is 0 Å². The SMILES string of the molecule is CCOC(=O)CCC(=O)N(C)CCN(Cc1cccc(C(=O)Nc2sc3c(c2C(=O)Nc2ccc(CCc4ccc(C(=O)OC)cc4)cc2)CCCC3)c1)C(C)C. The van der Waals surface area contributed by atoms with Gasteiger partial charge in [-0.15, -0.1) is 11.3 Å². The number of fused-ring (bicyclic) bond motifs is 1. The van der Waals surface area contributed by atoms with E-state index in [1.807, 2.05) is 54.6 Å². The standard InChI is InChI=1S/C45H54N4O7S/c1-6-56-40(51)25-24-39(50)48(4)26-27-49(30(2)3)29-33-10-9-11-35(28-33)42(52)47-44-41(37-12-7-8-13-38(37)57-44)43(53)46-36-22-18-32(19-23-36)15-14-31-16-20-34(21-17-31)45(54)55-5/h9-11,16-23,28,30H,6-8,12-15,24-27,29H2,1-5H3,(H,46,53)(H,47,52). The third-order valence-electron chi connectivity index (χ3n) is 10.2. The monoisotopic (exact) mass is 794 g/mol. The average Bonchev–Trinajstić information content (AvgIpc) is 3.58. The van der Waals surface area contributed by atoms with Gasteiger partial charge in [0.2, 0.25) is 5.91 Å². The second-order valence-corrected chi connectivity index (χ2v) is 15.7. The van der Waals surface area contributed by atoms with Gasteiger partial charge in [-0.05, 0) is 118 Å². The van der Waals surface area contributed by atoms with Crippen LogP contribution >= 0.6 is 11.3 Å². The molecule has 0 aliphatic heterocycles. The zero-order valence-electron chi connectivity index (χ0n) is 33.7. The number of nitrogens with zero attached hydrogens (tertiary/aromatic N) is 2. The lowest BCUT2D eigenvalue weighted by Crippen LogP contribution is -2.39. The van der Waals surface area contributed by atoms with Gasteiger partial charge in [0.15, 0.2) is 0 Å². The zero-order chi connectivity index (χ0) is 40.9. The molecule has 11 nitrogen and oxygen atoms in total. The number of thiophene rings is 1. The molecule has 1 heterocycles. The number of hydrogen-bond acceptors (Lipinski definition) is 9. The van der Waals surface area contributed by atoms with Gasteiger partial charge >= 0.3 is 11.9 Å². The summed E-state index contributed by atoms with van der Waals surface area (Å²) in [6, 6.07) is 22.9. The van der Waals surface area contributed by atoms with E-state index in [-0.39, 0.29) is 48.5 Å². The number of anilines is 2. The van der Waals surface area contributed by atoms with E-state index in [1.54, 1.807) is 37.1 Å². The van der Waals surface area contributed by atoms with Crippen LogP contribution in [0.5, 0.6) is 0 Å². The predicted octanol–water partition coefficient (Wildman–Crippen LogP) is 7.72. The highest BCUT2D eigenvalue weighted by Gasteiger charge is 2.27. The second kappa shape index (κ2) is 20.7. The normalized spacial score (nSPS) is 12.2. The molecule has 5 rings (SSSR count). The van der Waals surface area contributed by atoms with E-state index in [2.05, 4.69) is 29.4 Å². The van der Waals surface area contributed by atoms with Crippen LogP contribution in [0, 0.1) is 0 Å². The van der Waals surface area contributed by atoms with Crippen LogP contribution in [0.15, 0.2) is 72.8 Å². The van der Waals surface area contributed by atoms with Crippen LogP contribution in [-0.2, 0) is 51.3 Å². The van der Waals surface area contributed by atoms with Crippen molar-refractivity contribution in [2.24, 2.45) is 0 Å². The summed E-state index contributed by atoms with van der Waals surface area (Å²) in [5, 5.41) is 6.73. The largest absolute Gasteiger partial charge is 0.466 e. The molecule has 2 N–H and O–H groups in total. The van der Waals surface area contributed by atoms with Crippen molar-refractivity contribution in [3.63, 3.8) is 0 Å². The molecular weight excluding hydrogens is 741 g/mol. The molecule has 1 aliphatic rings. The maximum atomic E-state index is 13.9. The van der Waals surface area contributed by atoms with E-state index in [1.165, 1.54) is 18.4 Å². The Morgan fingerprint density at radius 1 is 0.789 bits per heavy atom. The molecule has 1 aliphatic carbocycles. The Hall–Kier alpha value is -5.33. The summed E-state index contributed by atoms with van der Waals surface area (Å²) in [6.45, 7) is 7.91. The molecule has 0 spiro atoms. The fraction of sp³-hybridized carbons (Fsp3) is 0.400. The molecule has 0 saturated carbocycles. The average molecular weight is 795 g/mol. The van der Waals surface area contributed by atoms with Crippen molar-refractivity contribution in [3.8, 4) is 0 Å². The van der Waals surface area contributed by atoms with Crippen molar-refractivity contribution in [2.45, 2.75) is 84.7 Å². The van der Waals surface area contributed by atoms with Crippen LogP contribution in [-0.4, -0.2) is 79.4 Å². The van der Waals surface area contributed by atoms with E-state index >= 15 is 0 Å². The van der Waals surface area contributed by atoms with Gasteiger partial charge in [-0.1, -0.05) is 36.4 Å². The number of aryl methyl sites for hydroxylation is 3.